The monoisotopic (exact) mass is 461 g/mol. The molecule has 0 saturated carbocycles. The molecule has 0 radical (unpaired) electrons. The van der Waals surface area contributed by atoms with E-state index in [1.54, 1.807) is 0 Å². The van der Waals surface area contributed by atoms with Crippen molar-refractivity contribution in [3.8, 4) is 22.3 Å². The number of nitrogens with one attached hydrogen (secondary N) is 1. The number of rotatable bonds is 6. The van der Waals surface area contributed by atoms with Crippen molar-refractivity contribution in [2.24, 2.45) is 5.92 Å². The Labute approximate surface area is 199 Å². The Morgan fingerprint density at radius 3 is 2.36 bits per heavy atom. The Bertz CT molecular complexity index is 1280. The normalized spacial score (nSPS) is 12.5. The molecule has 4 rings (SSSR count). The number of ether oxygens (including phenoxy) is 1. The first kappa shape index (κ1) is 23.0. The van der Waals surface area contributed by atoms with Gasteiger partial charge in [0.05, 0.1) is 18.7 Å². The summed E-state index contributed by atoms with van der Waals surface area (Å²) in [4.78, 5) is 23.1. The quantitative estimate of drug-likeness (QED) is 0.329. The number of aromatic nitrogens is 2. The predicted octanol–water partition coefficient (Wildman–Crippen LogP) is 6.60. The van der Waals surface area contributed by atoms with Crippen LogP contribution in [0.5, 0.6) is 0 Å². The molecule has 0 aliphatic rings. The molecule has 0 aliphatic carbocycles. The highest BCUT2D eigenvalue weighted by Gasteiger charge is 2.28. The third kappa shape index (κ3) is 4.39. The van der Waals surface area contributed by atoms with Crippen LogP contribution in [-0.2, 0) is 4.74 Å². The molecule has 1 atom stereocenters. The summed E-state index contributed by atoms with van der Waals surface area (Å²) in [6, 6.07) is 15.6. The number of carbonyl (C=O) groups is 1. The number of carbonyl (C=O) groups excluding carboxylic acids is 1. The summed E-state index contributed by atoms with van der Waals surface area (Å²) in [6.07, 6.45) is 3.70. The highest BCUT2D eigenvalue weighted by atomic mass is 35.5. The van der Waals surface area contributed by atoms with Crippen LogP contribution >= 0.6 is 11.6 Å². The maximum Gasteiger partial charge on any atom is 0.338 e. The van der Waals surface area contributed by atoms with Gasteiger partial charge in [-0.05, 0) is 55.9 Å². The minimum atomic E-state index is -0.361. The van der Waals surface area contributed by atoms with Crippen molar-refractivity contribution in [3.05, 3.63) is 77.2 Å². The molecule has 4 aromatic rings. The molecule has 0 fully saturated rings. The van der Waals surface area contributed by atoms with E-state index in [1.165, 1.54) is 7.11 Å². The molecular formula is C27H28ClN3O2. The van der Waals surface area contributed by atoms with Crippen molar-refractivity contribution in [3.63, 3.8) is 0 Å². The van der Waals surface area contributed by atoms with Crippen LogP contribution < -0.4 is 0 Å². The molecule has 0 bridgehead atoms. The maximum absolute atomic E-state index is 12.7. The van der Waals surface area contributed by atoms with Crippen LogP contribution in [0.15, 0.2) is 60.9 Å². The second-order valence-corrected chi connectivity index (χ2v) is 9.19. The molecule has 5 nitrogen and oxygen atoms in total. The third-order valence-corrected chi connectivity index (χ3v) is 6.20. The maximum atomic E-state index is 12.7. The molecule has 0 aliphatic heterocycles. The van der Waals surface area contributed by atoms with Gasteiger partial charge in [-0.25, -0.2) is 4.79 Å². The lowest BCUT2D eigenvalue weighted by Gasteiger charge is -2.28. The molecule has 2 aromatic heterocycles. The van der Waals surface area contributed by atoms with E-state index in [0.29, 0.717) is 16.5 Å². The fourth-order valence-corrected chi connectivity index (χ4v) is 4.76. The van der Waals surface area contributed by atoms with Crippen molar-refractivity contribution in [1.82, 2.24) is 14.9 Å². The first-order valence-electron chi connectivity index (χ1n) is 10.9. The lowest BCUT2D eigenvalue weighted by molar-refractivity contribution is 0.0603. The van der Waals surface area contributed by atoms with Crippen LogP contribution in [0.4, 0.5) is 0 Å². The van der Waals surface area contributed by atoms with Gasteiger partial charge in [0.2, 0.25) is 0 Å². The van der Waals surface area contributed by atoms with E-state index in [2.05, 4.69) is 48.9 Å². The lowest BCUT2D eigenvalue weighted by atomic mass is 9.91. The van der Waals surface area contributed by atoms with Gasteiger partial charge in [0, 0.05) is 50.7 Å². The molecule has 1 N–H and O–H groups in total. The minimum absolute atomic E-state index is 0.108. The van der Waals surface area contributed by atoms with Crippen molar-refractivity contribution >= 4 is 28.5 Å². The average Bonchev–Trinajstić information content (AvgIpc) is 3.17. The van der Waals surface area contributed by atoms with Gasteiger partial charge in [-0.15, -0.1) is 0 Å². The van der Waals surface area contributed by atoms with Crippen molar-refractivity contribution in [2.45, 2.75) is 19.9 Å². The smallest absolute Gasteiger partial charge is 0.338 e. The Morgan fingerprint density at radius 2 is 1.73 bits per heavy atom. The largest absolute Gasteiger partial charge is 0.465 e. The first-order valence-corrected chi connectivity index (χ1v) is 11.3. The number of nitrogens with zero attached hydrogens (tertiary/aromatic N) is 2. The molecule has 6 heteroatoms. The van der Waals surface area contributed by atoms with Gasteiger partial charge in [0.1, 0.15) is 0 Å². The summed E-state index contributed by atoms with van der Waals surface area (Å²) in [5.41, 5.74) is 6.39. The molecule has 1 unspecified atom stereocenters. The van der Waals surface area contributed by atoms with Crippen LogP contribution in [0.3, 0.4) is 0 Å². The average molecular weight is 462 g/mol. The van der Waals surface area contributed by atoms with E-state index >= 15 is 0 Å². The summed E-state index contributed by atoms with van der Waals surface area (Å²) < 4.78 is 5.11. The standard InChI is InChI=1S/C27H28ClN3O2/c1-16(2)26(31(3)4)25-23(24-21(27(32)33-5)7-6-8-22(24)30-25)19-13-18(14-29-15-19)17-9-11-20(28)12-10-17/h6-16,26,30H,1-5H3. The summed E-state index contributed by atoms with van der Waals surface area (Å²) in [5.74, 6) is -0.0269. The van der Waals surface area contributed by atoms with E-state index in [9.17, 15) is 4.79 Å². The van der Waals surface area contributed by atoms with Gasteiger partial charge in [-0.1, -0.05) is 43.6 Å². The zero-order valence-electron chi connectivity index (χ0n) is 19.5. The fourth-order valence-electron chi connectivity index (χ4n) is 4.63. The summed E-state index contributed by atoms with van der Waals surface area (Å²) in [5, 5.41) is 1.54. The van der Waals surface area contributed by atoms with Crippen LogP contribution in [-0.4, -0.2) is 42.0 Å². The number of halogens is 1. The zero-order chi connectivity index (χ0) is 23.7. The fraction of sp³-hybridized carbons (Fsp3) is 0.259. The van der Waals surface area contributed by atoms with Gasteiger partial charge in [0.25, 0.3) is 0 Å². The molecule has 0 saturated heterocycles. The topological polar surface area (TPSA) is 58.2 Å². The van der Waals surface area contributed by atoms with E-state index < -0.39 is 0 Å². The second-order valence-electron chi connectivity index (χ2n) is 8.76. The highest BCUT2D eigenvalue weighted by Crippen LogP contribution is 2.41. The van der Waals surface area contributed by atoms with Crippen LogP contribution in [0, 0.1) is 5.92 Å². The van der Waals surface area contributed by atoms with E-state index in [4.69, 9.17) is 16.3 Å². The highest BCUT2D eigenvalue weighted by molar-refractivity contribution is 6.30. The number of fused-ring (bicyclic) bond motifs is 1. The van der Waals surface area contributed by atoms with Gasteiger partial charge < -0.3 is 14.6 Å². The molecular weight excluding hydrogens is 434 g/mol. The van der Waals surface area contributed by atoms with E-state index in [1.807, 2.05) is 54.9 Å². The third-order valence-electron chi connectivity index (χ3n) is 5.95. The van der Waals surface area contributed by atoms with Gasteiger partial charge in [0.15, 0.2) is 0 Å². The number of hydrogen-bond donors (Lipinski definition) is 1. The number of pyridine rings is 1. The second kappa shape index (κ2) is 9.38. The van der Waals surface area contributed by atoms with E-state index in [-0.39, 0.29) is 12.0 Å². The molecule has 0 amide bonds. The SMILES string of the molecule is COC(=O)c1cccc2[nH]c(C(C(C)C)N(C)C)c(-c3cncc(-c4ccc(Cl)cc4)c3)c12. The minimum Gasteiger partial charge on any atom is -0.465 e. The van der Waals surface area contributed by atoms with Crippen LogP contribution in [0.2, 0.25) is 5.02 Å². The Balaban J connectivity index is 2.03. The van der Waals surface area contributed by atoms with Crippen molar-refractivity contribution < 1.29 is 9.53 Å². The van der Waals surface area contributed by atoms with Crippen LogP contribution in [0.1, 0.15) is 35.9 Å². The number of esters is 1. The lowest BCUT2D eigenvalue weighted by Crippen LogP contribution is -2.25. The van der Waals surface area contributed by atoms with Crippen molar-refractivity contribution in [1.29, 1.82) is 0 Å². The molecule has 33 heavy (non-hydrogen) atoms. The first-order chi connectivity index (χ1) is 15.8. The van der Waals surface area contributed by atoms with Gasteiger partial charge >= 0.3 is 5.97 Å². The number of hydrogen-bond acceptors (Lipinski definition) is 4. The molecule has 0 spiro atoms. The summed E-state index contributed by atoms with van der Waals surface area (Å²) in [7, 11) is 5.56. The Kier molecular flexibility index (Phi) is 6.54. The number of aromatic amines is 1. The number of benzene rings is 2. The molecule has 170 valence electrons. The summed E-state index contributed by atoms with van der Waals surface area (Å²) in [6.45, 7) is 4.40. The van der Waals surface area contributed by atoms with E-state index in [0.717, 1.165) is 38.9 Å². The molecule has 2 heterocycles. The Hall–Kier alpha value is -3.15. The predicted molar refractivity (Wildman–Crippen MR) is 135 cm³/mol. The zero-order valence-corrected chi connectivity index (χ0v) is 20.3. The van der Waals surface area contributed by atoms with Gasteiger partial charge in [-0.3, -0.25) is 4.98 Å². The van der Waals surface area contributed by atoms with Gasteiger partial charge in [-0.2, -0.15) is 0 Å². The Morgan fingerprint density at radius 1 is 1.03 bits per heavy atom. The molecule has 2 aromatic carbocycles. The van der Waals surface area contributed by atoms with Crippen LogP contribution in [0.25, 0.3) is 33.2 Å². The number of methoxy groups -OCH3 is 1. The van der Waals surface area contributed by atoms with Crippen molar-refractivity contribution in [2.75, 3.05) is 21.2 Å². The summed E-state index contributed by atoms with van der Waals surface area (Å²) >= 11 is 6.08. The number of H-pyrrole nitrogens is 1.